The number of ether oxygens (including phenoxy) is 1. The van der Waals surface area contributed by atoms with Gasteiger partial charge in [-0.3, -0.25) is 9.59 Å². The van der Waals surface area contributed by atoms with E-state index >= 15 is 4.39 Å². The third-order valence-corrected chi connectivity index (χ3v) is 8.75. The van der Waals surface area contributed by atoms with Crippen molar-refractivity contribution in [1.29, 1.82) is 0 Å². The van der Waals surface area contributed by atoms with Crippen molar-refractivity contribution in [2.24, 2.45) is 0 Å². The Balaban J connectivity index is 1.42. The van der Waals surface area contributed by atoms with Gasteiger partial charge in [0.1, 0.15) is 12.3 Å². The molecule has 0 aliphatic carbocycles. The number of unbranched alkanes of at least 4 members (excludes halogenated alkanes) is 1. The van der Waals surface area contributed by atoms with Gasteiger partial charge in [0.15, 0.2) is 17.5 Å². The monoisotopic (exact) mass is 690 g/mol. The molecule has 0 aliphatic rings. The zero-order valence-electron chi connectivity index (χ0n) is 25.4. The molecule has 0 unspecified atom stereocenters. The lowest BCUT2D eigenvalue weighted by Gasteiger charge is -2.17. The van der Waals surface area contributed by atoms with Crippen LogP contribution in [0.3, 0.4) is 0 Å². The maximum atomic E-state index is 15.0. The summed E-state index contributed by atoms with van der Waals surface area (Å²) in [5.41, 5.74) is -5.92. The smallest absolute Gasteiger partial charge is 0.383 e. The van der Waals surface area contributed by atoms with Gasteiger partial charge in [-0.1, -0.05) is 19.6 Å². The summed E-state index contributed by atoms with van der Waals surface area (Å²) in [6, 6.07) is 3.11. The average Bonchev–Trinajstić information content (AvgIpc) is 2.97. The fourth-order valence-electron chi connectivity index (χ4n) is 4.48. The number of benzene rings is 1. The quantitative estimate of drug-likeness (QED) is 0.102. The van der Waals surface area contributed by atoms with E-state index in [9.17, 15) is 40.3 Å². The second-order valence-electron chi connectivity index (χ2n) is 11.8. The van der Waals surface area contributed by atoms with Crippen LogP contribution in [-0.4, -0.2) is 45.5 Å². The van der Waals surface area contributed by atoms with Crippen molar-refractivity contribution in [2.45, 2.75) is 64.2 Å². The number of nitrogens with zero attached hydrogens (tertiary/aromatic N) is 5. The molecule has 0 fully saturated rings. The standard InChI is InChI=1S/C29H30F8N6O3Si/c1-47(2,3)11-10-46-16-43-27(45)22(29(35,36)37)20(15-41-43)38-7-4-5-8-42-9-6-17-12-19(23(30)24(31)21(17)26(42)44)25-39-13-18(14-40-25)28(32,33)34/h6,9,12-15,38H,4-5,7-8,10-11,16H2,1-3H3. The lowest BCUT2D eigenvalue weighted by Crippen LogP contribution is -2.33. The molecule has 0 spiro atoms. The molecule has 4 aromatic rings. The van der Waals surface area contributed by atoms with Crippen LogP contribution in [0.1, 0.15) is 24.0 Å². The zero-order valence-corrected chi connectivity index (χ0v) is 26.4. The molecule has 9 nitrogen and oxygen atoms in total. The molecule has 0 aliphatic heterocycles. The predicted molar refractivity (Wildman–Crippen MR) is 159 cm³/mol. The van der Waals surface area contributed by atoms with E-state index in [4.69, 9.17) is 4.74 Å². The molecule has 18 heteroatoms. The number of rotatable bonds is 12. The minimum absolute atomic E-state index is 0.0119. The van der Waals surface area contributed by atoms with Crippen molar-refractivity contribution < 1.29 is 39.9 Å². The van der Waals surface area contributed by atoms with E-state index < -0.39 is 83.5 Å². The molecule has 3 heterocycles. The molecule has 0 atom stereocenters. The van der Waals surface area contributed by atoms with Gasteiger partial charge < -0.3 is 14.6 Å². The van der Waals surface area contributed by atoms with E-state index in [1.54, 1.807) is 0 Å². The van der Waals surface area contributed by atoms with E-state index in [-0.39, 0.29) is 37.9 Å². The van der Waals surface area contributed by atoms with E-state index in [1.807, 2.05) is 0 Å². The minimum atomic E-state index is -4.97. The number of pyridine rings is 1. The Kier molecular flexibility index (Phi) is 10.5. The first-order chi connectivity index (χ1) is 21.9. The van der Waals surface area contributed by atoms with Crippen molar-refractivity contribution in [3.8, 4) is 11.4 Å². The summed E-state index contributed by atoms with van der Waals surface area (Å²) in [5.74, 6) is -3.57. The van der Waals surface area contributed by atoms with E-state index in [2.05, 4.69) is 40.0 Å². The maximum Gasteiger partial charge on any atom is 0.423 e. The third-order valence-electron chi connectivity index (χ3n) is 7.04. The summed E-state index contributed by atoms with van der Waals surface area (Å²) in [6.45, 7) is 6.11. The molecule has 0 bridgehead atoms. The fourth-order valence-corrected chi connectivity index (χ4v) is 5.23. The number of halogens is 8. The number of hydrogen-bond acceptors (Lipinski definition) is 7. The van der Waals surface area contributed by atoms with Gasteiger partial charge in [0, 0.05) is 46.4 Å². The Morgan fingerprint density at radius 1 is 0.915 bits per heavy atom. The van der Waals surface area contributed by atoms with Gasteiger partial charge in [-0.05, 0) is 36.4 Å². The maximum absolute atomic E-state index is 15.0. The van der Waals surface area contributed by atoms with Gasteiger partial charge in [-0.25, -0.2) is 23.4 Å². The van der Waals surface area contributed by atoms with Gasteiger partial charge >= 0.3 is 12.4 Å². The Morgan fingerprint density at radius 2 is 1.60 bits per heavy atom. The van der Waals surface area contributed by atoms with Crippen LogP contribution in [0.5, 0.6) is 0 Å². The first-order valence-corrected chi connectivity index (χ1v) is 18.0. The third kappa shape index (κ3) is 8.59. The van der Waals surface area contributed by atoms with E-state index in [0.29, 0.717) is 17.1 Å². The molecule has 0 amide bonds. The van der Waals surface area contributed by atoms with Crippen molar-refractivity contribution in [3.05, 3.63) is 80.4 Å². The molecule has 254 valence electrons. The van der Waals surface area contributed by atoms with Crippen LogP contribution in [0, 0.1) is 11.6 Å². The SMILES string of the molecule is C[Si](C)(C)CCOCn1ncc(NCCCCn2ccc3cc(-c4ncc(C(F)(F)F)cn4)c(F)c(F)c3c2=O)c(C(F)(F)F)c1=O. The van der Waals surface area contributed by atoms with Crippen molar-refractivity contribution >= 4 is 24.5 Å². The van der Waals surface area contributed by atoms with Crippen molar-refractivity contribution in [2.75, 3.05) is 18.5 Å². The average molecular weight is 691 g/mol. The van der Waals surface area contributed by atoms with Gasteiger partial charge in [0.25, 0.3) is 11.1 Å². The summed E-state index contributed by atoms with van der Waals surface area (Å²) in [5, 5.41) is 5.69. The number of aromatic nitrogens is 5. The number of nitrogens with one attached hydrogen (secondary N) is 1. The Labute approximate surface area is 263 Å². The summed E-state index contributed by atoms with van der Waals surface area (Å²) >= 11 is 0. The second-order valence-corrected chi connectivity index (χ2v) is 17.5. The molecule has 1 N–H and O–H groups in total. The summed E-state index contributed by atoms with van der Waals surface area (Å²) < 4.78 is 117. The van der Waals surface area contributed by atoms with Crippen LogP contribution >= 0.6 is 0 Å². The van der Waals surface area contributed by atoms with E-state index in [1.165, 1.54) is 12.3 Å². The van der Waals surface area contributed by atoms with Crippen LogP contribution in [-0.2, 0) is 30.4 Å². The summed E-state index contributed by atoms with van der Waals surface area (Å²) in [7, 11) is -1.45. The van der Waals surface area contributed by atoms with Crippen LogP contribution < -0.4 is 16.4 Å². The van der Waals surface area contributed by atoms with E-state index in [0.717, 1.165) is 22.9 Å². The zero-order chi connectivity index (χ0) is 34.7. The molecule has 47 heavy (non-hydrogen) atoms. The molecule has 1 aromatic carbocycles. The summed E-state index contributed by atoms with van der Waals surface area (Å²) in [4.78, 5) is 32.5. The predicted octanol–water partition coefficient (Wildman–Crippen LogP) is 6.54. The number of hydrogen-bond donors (Lipinski definition) is 1. The molecule has 4 rings (SSSR count). The van der Waals surface area contributed by atoms with Crippen LogP contribution in [0.15, 0.2) is 46.5 Å². The first kappa shape index (κ1) is 35.7. The van der Waals surface area contributed by atoms with Gasteiger partial charge in [0.2, 0.25) is 0 Å². The fraction of sp³-hybridized carbons (Fsp3) is 0.414. The molecule has 0 saturated carbocycles. The van der Waals surface area contributed by atoms with Crippen LogP contribution in [0.4, 0.5) is 40.8 Å². The number of aryl methyl sites for hydroxylation is 1. The normalized spacial score (nSPS) is 12.6. The Hall–Kier alpha value is -4.19. The number of anilines is 1. The van der Waals surface area contributed by atoms with Crippen molar-refractivity contribution in [1.82, 2.24) is 24.3 Å². The highest BCUT2D eigenvalue weighted by molar-refractivity contribution is 6.76. The second kappa shape index (κ2) is 13.9. The molecule has 3 aromatic heterocycles. The van der Waals surface area contributed by atoms with Crippen LogP contribution in [0.25, 0.3) is 22.2 Å². The Bertz CT molecular complexity index is 1850. The Morgan fingerprint density at radius 3 is 2.21 bits per heavy atom. The van der Waals surface area contributed by atoms with Crippen molar-refractivity contribution in [3.63, 3.8) is 0 Å². The largest absolute Gasteiger partial charge is 0.423 e. The lowest BCUT2D eigenvalue weighted by molar-refractivity contribution is -0.139. The van der Waals surface area contributed by atoms with Gasteiger partial charge in [0.05, 0.1) is 28.4 Å². The first-order valence-electron chi connectivity index (χ1n) is 14.3. The molecular weight excluding hydrogens is 660 g/mol. The highest BCUT2D eigenvalue weighted by atomic mass is 28.3. The van der Waals surface area contributed by atoms with Crippen LogP contribution in [0.2, 0.25) is 25.7 Å². The number of alkyl halides is 6. The molecular formula is C29H30F8N6O3Si. The highest BCUT2D eigenvalue weighted by Gasteiger charge is 2.38. The highest BCUT2D eigenvalue weighted by Crippen LogP contribution is 2.32. The van der Waals surface area contributed by atoms with Gasteiger partial charge in [-0.15, -0.1) is 0 Å². The minimum Gasteiger partial charge on any atom is -0.383 e. The summed E-state index contributed by atoms with van der Waals surface area (Å²) in [6.07, 6.45) is -6.23. The van der Waals surface area contributed by atoms with Gasteiger partial charge in [-0.2, -0.15) is 31.4 Å². The lowest BCUT2D eigenvalue weighted by atomic mass is 10.1. The molecule has 0 radical (unpaired) electrons. The topological polar surface area (TPSA) is 104 Å². The molecule has 0 saturated heterocycles. The number of fused-ring (bicyclic) bond motifs is 1.